The molecule has 9 heteroatoms. The minimum absolute atomic E-state index is 0.0300. The molecule has 0 amide bonds. The molecule has 3 rings (SSSR count). The average molecular weight is 491 g/mol. The van der Waals surface area contributed by atoms with Gasteiger partial charge in [-0.25, -0.2) is 4.98 Å². The van der Waals surface area contributed by atoms with Crippen LogP contribution in [0.2, 0.25) is 0 Å². The monoisotopic (exact) mass is 490 g/mol. The van der Waals surface area contributed by atoms with Gasteiger partial charge in [0.2, 0.25) is 0 Å². The Morgan fingerprint density at radius 2 is 1.85 bits per heavy atom. The third kappa shape index (κ3) is 5.39. The number of nitriles is 1. The number of aromatic nitrogens is 1. The van der Waals surface area contributed by atoms with Crippen molar-refractivity contribution in [1.29, 1.82) is 5.26 Å². The van der Waals surface area contributed by atoms with Crippen molar-refractivity contribution < 1.29 is 27.0 Å². The van der Waals surface area contributed by atoms with Crippen molar-refractivity contribution in [2.24, 2.45) is 0 Å². The molecule has 178 valence electrons. The molecular weight excluding hydrogens is 468 g/mol. The Bertz CT molecular complexity index is 1220. The molecule has 0 aliphatic carbocycles. The van der Waals surface area contributed by atoms with E-state index in [4.69, 9.17) is 10.00 Å². The lowest BCUT2D eigenvalue weighted by Crippen LogP contribution is -2.13. The number of benzene rings is 2. The predicted molar refractivity (Wildman–Crippen MR) is 122 cm³/mol. The second kappa shape index (κ2) is 10.3. The summed E-state index contributed by atoms with van der Waals surface area (Å²) in [5, 5.41) is 9.74. The van der Waals surface area contributed by atoms with Crippen LogP contribution >= 0.6 is 11.3 Å². The van der Waals surface area contributed by atoms with E-state index in [1.807, 2.05) is 13.8 Å². The highest BCUT2D eigenvalue weighted by Gasteiger charge is 2.32. The number of rotatable bonds is 9. The van der Waals surface area contributed by atoms with Crippen LogP contribution in [0.5, 0.6) is 11.5 Å². The van der Waals surface area contributed by atoms with Crippen LogP contribution in [0.3, 0.4) is 0 Å². The van der Waals surface area contributed by atoms with E-state index in [9.17, 15) is 17.6 Å². The maximum absolute atomic E-state index is 14.2. The SMILES string of the molecule is C=C(C)C(F)(F)c1ccc(-c2nc(C)c(C(CC)Oc3ccc(C#N)c(OC(F)F)c3)s2)cc1. The summed E-state index contributed by atoms with van der Waals surface area (Å²) in [5.74, 6) is -3.11. The van der Waals surface area contributed by atoms with Gasteiger partial charge in [0.25, 0.3) is 5.92 Å². The van der Waals surface area contributed by atoms with E-state index in [-0.39, 0.29) is 28.2 Å². The van der Waals surface area contributed by atoms with Gasteiger partial charge in [0, 0.05) is 17.2 Å². The number of ether oxygens (including phenoxy) is 2. The predicted octanol–water partition coefficient (Wildman–Crippen LogP) is 7.79. The van der Waals surface area contributed by atoms with Gasteiger partial charge in [0.1, 0.15) is 28.7 Å². The fourth-order valence-electron chi connectivity index (χ4n) is 3.25. The Morgan fingerprint density at radius 3 is 2.41 bits per heavy atom. The van der Waals surface area contributed by atoms with Gasteiger partial charge >= 0.3 is 6.61 Å². The summed E-state index contributed by atoms with van der Waals surface area (Å²) in [4.78, 5) is 5.38. The van der Waals surface area contributed by atoms with E-state index >= 15 is 0 Å². The summed E-state index contributed by atoms with van der Waals surface area (Å²) in [5.41, 5.74) is 0.982. The zero-order valence-corrected chi connectivity index (χ0v) is 19.6. The highest BCUT2D eigenvalue weighted by atomic mass is 32.1. The van der Waals surface area contributed by atoms with Crippen molar-refractivity contribution in [3.8, 4) is 28.1 Å². The Balaban J connectivity index is 1.86. The zero-order chi connectivity index (χ0) is 25.0. The molecule has 3 aromatic rings. The van der Waals surface area contributed by atoms with Crippen LogP contribution < -0.4 is 9.47 Å². The van der Waals surface area contributed by atoms with Gasteiger partial charge in [0.15, 0.2) is 0 Å². The maximum Gasteiger partial charge on any atom is 0.387 e. The third-order valence-electron chi connectivity index (χ3n) is 5.09. The molecule has 0 spiro atoms. The maximum atomic E-state index is 14.2. The van der Waals surface area contributed by atoms with Gasteiger partial charge in [-0.3, -0.25) is 0 Å². The third-order valence-corrected chi connectivity index (χ3v) is 6.39. The number of halogens is 4. The second-order valence-electron chi connectivity index (χ2n) is 7.56. The summed E-state index contributed by atoms with van der Waals surface area (Å²) < 4.78 is 64.2. The van der Waals surface area contributed by atoms with Gasteiger partial charge in [0.05, 0.1) is 16.1 Å². The molecule has 0 radical (unpaired) electrons. The summed E-state index contributed by atoms with van der Waals surface area (Å²) in [6.45, 7) is 5.28. The lowest BCUT2D eigenvalue weighted by molar-refractivity contribution is -0.0501. The standard InChI is InChI=1S/C25H22F4N2O2S/c1-5-20(32-19-11-8-17(13-30)21(12-19)33-24(26)27)22-15(4)31-23(34-22)16-6-9-18(10-7-16)25(28,29)14(2)3/h6-12,20,24H,2,5H2,1,3-4H3. The largest absolute Gasteiger partial charge is 0.485 e. The Hall–Kier alpha value is -3.38. The average Bonchev–Trinajstić information content (AvgIpc) is 3.18. The first-order valence-electron chi connectivity index (χ1n) is 10.3. The van der Waals surface area contributed by atoms with Crippen LogP contribution in [0.4, 0.5) is 17.6 Å². The highest BCUT2D eigenvalue weighted by Crippen LogP contribution is 2.39. The van der Waals surface area contributed by atoms with Crippen LogP contribution in [0.25, 0.3) is 10.6 Å². The fraction of sp³-hybridized carbons (Fsp3) is 0.280. The molecule has 0 aliphatic heterocycles. The Morgan fingerprint density at radius 1 is 1.18 bits per heavy atom. The molecule has 0 bridgehead atoms. The number of aryl methyl sites for hydroxylation is 1. The van der Waals surface area contributed by atoms with Crippen LogP contribution in [0, 0.1) is 18.3 Å². The van der Waals surface area contributed by atoms with Crippen LogP contribution in [0.15, 0.2) is 54.6 Å². The van der Waals surface area contributed by atoms with Crippen molar-refractivity contribution in [2.45, 2.75) is 45.8 Å². The lowest BCUT2D eigenvalue weighted by Gasteiger charge is -2.18. The number of thiazole rings is 1. The van der Waals surface area contributed by atoms with Crippen molar-refractivity contribution >= 4 is 11.3 Å². The first-order valence-corrected chi connectivity index (χ1v) is 11.2. The zero-order valence-electron chi connectivity index (χ0n) is 18.7. The summed E-state index contributed by atoms with van der Waals surface area (Å²) in [7, 11) is 0. The number of nitrogens with zero attached hydrogens (tertiary/aromatic N) is 2. The number of allylic oxidation sites excluding steroid dienone is 1. The number of hydrogen-bond donors (Lipinski definition) is 0. The molecule has 0 aliphatic rings. The summed E-state index contributed by atoms with van der Waals surface area (Å²) >= 11 is 1.36. The van der Waals surface area contributed by atoms with Crippen LogP contribution in [0.1, 0.15) is 48.1 Å². The molecule has 0 N–H and O–H groups in total. The molecular formula is C25H22F4N2O2S. The van der Waals surface area contributed by atoms with Crippen molar-refractivity contribution in [1.82, 2.24) is 4.98 Å². The Kier molecular flexibility index (Phi) is 7.62. The smallest absolute Gasteiger partial charge is 0.387 e. The van der Waals surface area contributed by atoms with E-state index < -0.39 is 18.6 Å². The van der Waals surface area contributed by atoms with Crippen LogP contribution in [-0.2, 0) is 5.92 Å². The van der Waals surface area contributed by atoms with Gasteiger partial charge in [-0.2, -0.15) is 22.8 Å². The van der Waals surface area contributed by atoms with E-state index in [1.165, 1.54) is 48.6 Å². The van der Waals surface area contributed by atoms with Gasteiger partial charge < -0.3 is 9.47 Å². The highest BCUT2D eigenvalue weighted by molar-refractivity contribution is 7.15. The van der Waals surface area contributed by atoms with E-state index in [1.54, 1.807) is 18.2 Å². The van der Waals surface area contributed by atoms with Gasteiger partial charge in [-0.05, 0) is 38.0 Å². The molecule has 1 atom stereocenters. The van der Waals surface area contributed by atoms with E-state index in [0.29, 0.717) is 22.7 Å². The molecule has 0 saturated carbocycles. The fourth-order valence-corrected chi connectivity index (χ4v) is 4.43. The van der Waals surface area contributed by atoms with Crippen LogP contribution in [-0.4, -0.2) is 11.6 Å². The minimum Gasteiger partial charge on any atom is -0.485 e. The summed E-state index contributed by atoms with van der Waals surface area (Å²) in [6, 6.07) is 11.8. The molecule has 1 aromatic heterocycles. The van der Waals surface area contributed by atoms with Gasteiger partial charge in [-0.1, -0.05) is 37.8 Å². The van der Waals surface area contributed by atoms with Crippen molar-refractivity contribution in [2.75, 3.05) is 0 Å². The molecule has 1 heterocycles. The first kappa shape index (κ1) is 25.2. The second-order valence-corrected chi connectivity index (χ2v) is 8.59. The Labute approximate surface area is 199 Å². The summed E-state index contributed by atoms with van der Waals surface area (Å²) in [6.07, 6.45) is 0.114. The van der Waals surface area contributed by atoms with E-state index in [0.717, 1.165) is 4.88 Å². The molecule has 1 unspecified atom stereocenters. The first-order chi connectivity index (χ1) is 16.1. The molecule has 0 fully saturated rings. The van der Waals surface area contributed by atoms with Crippen molar-refractivity contribution in [3.63, 3.8) is 0 Å². The normalized spacial score (nSPS) is 12.3. The van der Waals surface area contributed by atoms with Gasteiger partial charge in [-0.15, -0.1) is 11.3 Å². The minimum atomic E-state index is -3.11. The number of hydrogen-bond acceptors (Lipinski definition) is 5. The molecule has 0 saturated heterocycles. The molecule has 4 nitrogen and oxygen atoms in total. The van der Waals surface area contributed by atoms with Crippen molar-refractivity contribution in [3.05, 3.63) is 76.3 Å². The lowest BCUT2D eigenvalue weighted by atomic mass is 10.0. The molecule has 2 aromatic carbocycles. The number of alkyl halides is 4. The quantitative estimate of drug-likeness (QED) is 0.227. The topological polar surface area (TPSA) is 55.1 Å². The van der Waals surface area contributed by atoms with E-state index in [2.05, 4.69) is 16.3 Å². The molecule has 34 heavy (non-hydrogen) atoms.